The van der Waals surface area contributed by atoms with E-state index in [9.17, 15) is 5.11 Å². The third-order valence-corrected chi connectivity index (χ3v) is 2.42. The van der Waals surface area contributed by atoms with Gasteiger partial charge in [0.1, 0.15) is 0 Å². The lowest BCUT2D eigenvalue weighted by molar-refractivity contribution is 0.160. The summed E-state index contributed by atoms with van der Waals surface area (Å²) in [6.45, 7) is 4.08. The Kier molecular flexibility index (Phi) is 5.26. The van der Waals surface area contributed by atoms with E-state index < -0.39 is 0 Å². The standard InChI is InChI=1S/C12H20N2O/c1-3-4-5-6-12(15)7-11-9-13-10(2)8-14-11/h8-9,12,15H,3-7H2,1-2H3. The highest BCUT2D eigenvalue weighted by molar-refractivity contribution is 5.01. The van der Waals surface area contributed by atoms with Gasteiger partial charge in [-0.05, 0) is 13.3 Å². The van der Waals surface area contributed by atoms with Crippen LogP contribution < -0.4 is 0 Å². The Morgan fingerprint density at radius 1 is 1.27 bits per heavy atom. The van der Waals surface area contributed by atoms with Crippen molar-refractivity contribution < 1.29 is 5.11 Å². The van der Waals surface area contributed by atoms with Gasteiger partial charge in [-0.25, -0.2) is 0 Å². The second kappa shape index (κ2) is 6.51. The Balaban J connectivity index is 2.31. The van der Waals surface area contributed by atoms with Gasteiger partial charge >= 0.3 is 0 Å². The molecule has 0 saturated carbocycles. The van der Waals surface area contributed by atoms with Crippen LogP contribution in [-0.4, -0.2) is 21.2 Å². The second-order valence-electron chi connectivity index (χ2n) is 4.00. The lowest BCUT2D eigenvalue weighted by atomic mass is 10.1. The first-order valence-electron chi connectivity index (χ1n) is 5.68. The highest BCUT2D eigenvalue weighted by Crippen LogP contribution is 2.07. The van der Waals surface area contributed by atoms with Crippen molar-refractivity contribution in [2.24, 2.45) is 0 Å². The molecule has 1 unspecified atom stereocenters. The van der Waals surface area contributed by atoms with E-state index in [1.807, 2.05) is 6.92 Å². The minimum Gasteiger partial charge on any atom is -0.393 e. The highest BCUT2D eigenvalue weighted by atomic mass is 16.3. The fourth-order valence-corrected chi connectivity index (χ4v) is 1.50. The number of aromatic nitrogens is 2. The average Bonchev–Trinajstić information content (AvgIpc) is 2.22. The maximum absolute atomic E-state index is 9.73. The SMILES string of the molecule is CCCCCC(O)Cc1cnc(C)cn1. The molecule has 0 saturated heterocycles. The first kappa shape index (κ1) is 12.1. The molecule has 3 heteroatoms. The van der Waals surface area contributed by atoms with Crippen LogP contribution in [0.2, 0.25) is 0 Å². The van der Waals surface area contributed by atoms with Gasteiger partial charge in [-0.1, -0.05) is 26.2 Å². The van der Waals surface area contributed by atoms with Crippen molar-refractivity contribution in [3.63, 3.8) is 0 Å². The number of rotatable bonds is 6. The summed E-state index contributed by atoms with van der Waals surface area (Å²) < 4.78 is 0. The van der Waals surface area contributed by atoms with Crippen molar-refractivity contribution in [3.8, 4) is 0 Å². The maximum atomic E-state index is 9.73. The minimum atomic E-state index is -0.270. The van der Waals surface area contributed by atoms with Crippen LogP contribution in [0.4, 0.5) is 0 Å². The first-order valence-corrected chi connectivity index (χ1v) is 5.68. The van der Waals surface area contributed by atoms with Crippen molar-refractivity contribution in [3.05, 3.63) is 23.8 Å². The highest BCUT2D eigenvalue weighted by Gasteiger charge is 2.06. The van der Waals surface area contributed by atoms with Gasteiger partial charge in [-0.3, -0.25) is 9.97 Å². The molecular weight excluding hydrogens is 188 g/mol. The van der Waals surface area contributed by atoms with Crippen LogP contribution >= 0.6 is 0 Å². The molecule has 0 radical (unpaired) electrons. The maximum Gasteiger partial charge on any atom is 0.0612 e. The largest absolute Gasteiger partial charge is 0.393 e. The van der Waals surface area contributed by atoms with Crippen molar-refractivity contribution in [1.82, 2.24) is 9.97 Å². The summed E-state index contributed by atoms with van der Waals surface area (Å²) in [5, 5.41) is 9.73. The fraction of sp³-hybridized carbons (Fsp3) is 0.667. The Labute approximate surface area is 91.6 Å². The molecular formula is C12H20N2O. The lowest BCUT2D eigenvalue weighted by Crippen LogP contribution is -2.11. The van der Waals surface area contributed by atoms with Gasteiger partial charge in [-0.15, -0.1) is 0 Å². The van der Waals surface area contributed by atoms with Crippen LogP contribution in [0.15, 0.2) is 12.4 Å². The molecule has 1 rings (SSSR count). The van der Waals surface area contributed by atoms with Gasteiger partial charge in [0, 0.05) is 18.8 Å². The van der Waals surface area contributed by atoms with Crippen molar-refractivity contribution in [1.29, 1.82) is 0 Å². The number of unbranched alkanes of at least 4 members (excludes halogenated alkanes) is 2. The van der Waals surface area contributed by atoms with Crippen LogP contribution in [0.5, 0.6) is 0 Å². The lowest BCUT2D eigenvalue weighted by Gasteiger charge is -2.09. The molecule has 1 atom stereocenters. The summed E-state index contributed by atoms with van der Waals surface area (Å²) in [6.07, 6.45) is 8.19. The number of nitrogens with zero attached hydrogens (tertiary/aromatic N) is 2. The first-order chi connectivity index (χ1) is 7.22. The van der Waals surface area contributed by atoms with E-state index in [1.165, 1.54) is 12.8 Å². The van der Waals surface area contributed by atoms with E-state index in [0.29, 0.717) is 6.42 Å². The van der Waals surface area contributed by atoms with E-state index >= 15 is 0 Å². The van der Waals surface area contributed by atoms with E-state index in [1.54, 1.807) is 12.4 Å². The molecule has 0 aliphatic carbocycles. The van der Waals surface area contributed by atoms with Gasteiger partial charge in [0.2, 0.25) is 0 Å². The Bertz CT molecular complexity index is 271. The molecule has 0 aromatic carbocycles. The molecule has 15 heavy (non-hydrogen) atoms. The summed E-state index contributed by atoms with van der Waals surface area (Å²) in [4.78, 5) is 8.38. The Morgan fingerprint density at radius 2 is 2.07 bits per heavy atom. The summed E-state index contributed by atoms with van der Waals surface area (Å²) >= 11 is 0. The van der Waals surface area contributed by atoms with E-state index in [-0.39, 0.29) is 6.10 Å². The fourth-order valence-electron chi connectivity index (χ4n) is 1.50. The molecule has 0 spiro atoms. The molecule has 1 N–H and O–H groups in total. The van der Waals surface area contributed by atoms with E-state index in [4.69, 9.17) is 0 Å². The Morgan fingerprint density at radius 3 is 2.67 bits per heavy atom. The van der Waals surface area contributed by atoms with Crippen LogP contribution in [0, 0.1) is 6.92 Å². The molecule has 1 aromatic heterocycles. The quantitative estimate of drug-likeness (QED) is 0.729. The van der Waals surface area contributed by atoms with Crippen molar-refractivity contribution in [2.45, 2.75) is 52.1 Å². The predicted octanol–water partition coefficient (Wildman–Crippen LogP) is 2.27. The van der Waals surface area contributed by atoms with Gasteiger partial charge in [0.15, 0.2) is 0 Å². The molecule has 0 bridgehead atoms. The van der Waals surface area contributed by atoms with Crippen LogP contribution in [-0.2, 0) is 6.42 Å². The zero-order chi connectivity index (χ0) is 11.1. The second-order valence-corrected chi connectivity index (χ2v) is 4.00. The zero-order valence-corrected chi connectivity index (χ0v) is 9.61. The van der Waals surface area contributed by atoms with E-state index in [2.05, 4.69) is 16.9 Å². The van der Waals surface area contributed by atoms with E-state index in [0.717, 1.165) is 24.2 Å². The van der Waals surface area contributed by atoms with Crippen LogP contribution in [0.25, 0.3) is 0 Å². The van der Waals surface area contributed by atoms with Crippen LogP contribution in [0.3, 0.4) is 0 Å². The predicted molar refractivity (Wildman–Crippen MR) is 60.6 cm³/mol. The average molecular weight is 208 g/mol. The molecule has 3 nitrogen and oxygen atoms in total. The molecule has 0 aliphatic rings. The van der Waals surface area contributed by atoms with Crippen LogP contribution in [0.1, 0.15) is 44.0 Å². The molecule has 1 heterocycles. The number of aliphatic hydroxyl groups excluding tert-OH is 1. The molecule has 1 aromatic rings. The minimum absolute atomic E-state index is 0.270. The normalized spacial score (nSPS) is 12.7. The molecule has 84 valence electrons. The van der Waals surface area contributed by atoms with Crippen molar-refractivity contribution >= 4 is 0 Å². The molecule has 0 aliphatic heterocycles. The zero-order valence-electron chi connectivity index (χ0n) is 9.61. The molecule has 0 fully saturated rings. The summed E-state index contributed by atoms with van der Waals surface area (Å²) in [5.74, 6) is 0. The Hall–Kier alpha value is -0.960. The summed E-state index contributed by atoms with van der Waals surface area (Å²) in [7, 11) is 0. The summed E-state index contributed by atoms with van der Waals surface area (Å²) in [5.41, 5.74) is 1.80. The van der Waals surface area contributed by atoms with Gasteiger partial charge in [0.25, 0.3) is 0 Å². The third-order valence-electron chi connectivity index (χ3n) is 2.42. The molecule has 0 amide bonds. The monoisotopic (exact) mass is 208 g/mol. The number of aryl methyl sites for hydroxylation is 1. The topological polar surface area (TPSA) is 46.0 Å². The number of aliphatic hydroxyl groups is 1. The van der Waals surface area contributed by atoms with Gasteiger partial charge in [0.05, 0.1) is 17.5 Å². The third kappa shape index (κ3) is 4.88. The van der Waals surface area contributed by atoms with Gasteiger partial charge in [-0.2, -0.15) is 0 Å². The summed E-state index contributed by atoms with van der Waals surface area (Å²) in [6, 6.07) is 0. The number of hydrogen-bond donors (Lipinski definition) is 1. The smallest absolute Gasteiger partial charge is 0.0612 e. The van der Waals surface area contributed by atoms with Gasteiger partial charge < -0.3 is 5.11 Å². The van der Waals surface area contributed by atoms with Crippen molar-refractivity contribution in [2.75, 3.05) is 0 Å². The number of hydrogen-bond acceptors (Lipinski definition) is 3.